The average molecular weight is 298 g/mol. The van der Waals surface area contributed by atoms with Crippen LogP contribution in [0.1, 0.15) is 15.9 Å². The number of non-ortho nitro benzene ring substituents is 1. The van der Waals surface area contributed by atoms with Crippen LogP contribution in [-0.2, 0) is 0 Å². The van der Waals surface area contributed by atoms with Crippen molar-refractivity contribution in [2.45, 2.75) is 4.90 Å². The van der Waals surface area contributed by atoms with Gasteiger partial charge in [0.2, 0.25) is 5.78 Å². The van der Waals surface area contributed by atoms with Gasteiger partial charge in [0.25, 0.3) is 5.69 Å². The minimum atomic E-state index is -0.570. The molecule has 6 heteroatoms. The first kappa shape index (κ1) is 13.4. The van der Waals surface area contributed by atoms with Crippen LogP contribution in [0.2, 0.25) is 0 Å². The molecule has 5 nitrogen and oxygen atoms in total. The quantitative estimate of drug-likeness (QED) is 0.483. The van der Waals surface area contributed by atoms with Crippen molar-refractivity contribution in [3.05, 3.63) is 68.6 Å². The zero-order valence-electron chi connectivity index (χ0n) is 10.6. The summed E-state index contributed by atoms with van der Waals surface area (Å²) >= 11 is 1.26. The lowest BCUT2D eigenvalue weighted by Crippen LogP contribution is -1.98. The van der Waals surface area contributed by atoms with Crippen molar-refractivity contribution in [2.75, 3.05) is 0 Å². The van der Waals surface area contributed by atoms with Crippen LogP contribution >= 0.6 is 11.8 Å². The number of carbonyl (C=O) groups is 1. The van der Waals surface area contributed by atoms with Gasteiger partial charge >= 0.3 is 0 Å². The molecule has 0 saturated heterocycles. The molecule has 0 aliphatic carbocycles. The van der Waals surface area contributed by atoms with E-state index in [9.17, 15) is 20.0 Å². The van der Waals surface area contributed by atoms with Crippen LogP contribution in [0.15, 0.2) is 52.3 Å². The summed E-state index contributed by atoms with van der Waals surface area (Å²) < 4.78 is 0. The summed E-state index contributed by atoms with van der Waals surface area (Å²) in [6.07, 6.45) is 1.42. The summed E-state index contributed by atoms with van der Waals surface area (Å²) in [6.45, 7) is 0. The van der Waals surface area contributed by atoms with Gasteiger partial charge in [0.05, 0.1) is 9.83 Å². The van der Waals surface area contributed by atoms with Crippen LogP contribution in [0.5, 0.6) is 5.75 Å². The number of rotatable bonds is 2. The number of carbonyl (C=O) groups excluding carboxylic acids is 1. The summed E-state index contributed by atoms with van der Waals surface area (Å²) in [5.41, 5.74) is 0.564. The Balaban J connectivity index is 2.03. The number of Topliss-reactive ketones (excluding diaryl/α,β-unsaturated/α-hetero) is 1. The van der Waals surface area contributed by atoms with E-state index in [0.29, 0.717) is 10.5 Å². The largest absolute Gasteiger partial charge is 0.872 e. The molecule has 1 heterocycles. The number of allylic oxidation sites excluding steroid dienone is 1. The molecule has 2 aromatic rings. The molecule has 0 radical (unpaired) electrons. The lowest BCUT2D eigenvalue weighted by Gasteiger charge is -2.09. The lowest BCUT2D eigenvalue weighted by molar-refractivity contribution is -0.385. The SMILES string of the molecule is O=C1/C(=C\c2cc([N+](=O)[O-])ccc2[O-])Sc2ccccc21. The summed E-state index contributed by atoms with van der Waals surface area (Å²) in [4.78, 5) is 23.6. The molecule has 21 heavy (non-hydrogen) atoms. The van der Waals surface area contributed by atoms with E-state index in [2.05, 4.69) is 0 Å². The molecule has 3 rings (SSSR count). The van der Waals surface area contributed by atoms with Crippen molar-refractivity contribution in [3.8, 4) is 5.75 Å². The molecule has 0 amide bonds. The highest BCUT2D eigenvalue weighted by molar-refractivity contribution is 8.04. The van der Waals surface area contributed by atoms with Crippen molar-refractivity contribution in [2.24, 2.45) is 0 Å². The molecule has 2 aromatic carbocycles. The Bertz CT molecular complexity index is 798. The van der Waals surface area contributed by atoms with E-state index >= 15 is 0 Å². The zero-order chi connectivity index (χ0) is 15.0. The monoisotopic (exact) mass is 298 g/mol. The predicted molar refractivity (Wildman–Crippen MR) is 77.1 cm³/mol. The summed E-state index contributed by atoms with van der Waals surface area (Å²) in [7, 11) is 0. The first-order chi connectivity index (χ1) is 10.1. The van der Waals surface area contributed by atoms with Gasteiger partial charge in [-0.1, -0.05) is 30.0 Å². The highest BCUT2D eigenvalue weighted by Gasteiger charge is 2.25. The maximum absolute atomic E-state index is 12.2. The van der Waals surface area contributed by atoms with Crippen molar-refractivity contribution >= 4 is 29.3 Å². The van der Waals surface area contributed by atoms with Crippen LogP contribution < -0.4 is 5.11 Å². The molecule has 1 aliphatic rings. The predicted octanol–water partition coefficient (Wildman–Crippen LogP) is 3.00. The second-order valence-corrected chi connectivity index (χ2v) is 5.50. The molecule has 0 unspecified atom stereocenters. The smallest absolute Gasteiger partial charge is 0.269 e. The third-order valence-corrected chi connectivity index (χ3v) is 4.17. The number of nitrogens with zero attached hydrogens (tertiary/aromatic N) is 1. The van der Waals surface area contributed by atoms with E-state index in [1.165, 1.54) is 23.9 Å². The Labute approximate surface area is 124 Å². The van der Waals surface area contributed by atoms with Gasteiger partial charge in [-0.25, -0.2) is 0 Å². The number of nitro groups is 1. The molecule has 0 spiro atoms. The molecule has 1 aliphatic heterocycles. The molecular weight excluding hydrogens is 290 g/mol. The van der Waals surface area contributed by atoms with Gasteiger partial charge < -0.3 is 5.11 Å². The van der Waals surface area contributed by atoms with Crippen molar-refractivity contribution < 1.29 is 14.8 Å². The number of benzene rings is 2. The number of hydrogen-bond donors (Lipinski definition) is 0. The minimum absolute atomic E-state index is 0.146. The second kappa shape index (κ2) is 5.06. The summed E-state index contributed by atoms with van der Waals surface area (Å²) in [5, 5.41) is 22.5. The van der Waals surface area contributed by atoms with Crippen LogP contribution in [-0.4, -0.2) is 10.7 Å². The number of hydrogen-bond acceptors (Lipinski definition) is 5. The topological polar surface area (TPSA) is 83.3 Å². The first-order valence-corrected chi connectivity index (χ1v) is 6.86. The molecular formula is C15H8NO4S-. The van der Waals surface area contributed by atoms with Gasteiger partial charge in [-0.15, -0.1) is 5.75 Å². The minimum Gasteiger partial charge on any atom is -0.872 e. The fourth-order valence-corrected chi connectivity index (χ4v) is 3.08. The van der Waals surface area contributed by atoms with Crippen LogP contribution in [0.25, 0.3) is 6.08 Å². The van der Waals surface area contributed by atoms with E-state index in [0.717, 1.165) is 17.0 Å². The summed E-state index contributed by atoms with van der Waals surface area (Å²) in [5.74, 6) is -0.515. The molecule has 0 atom stereocenters. The van der Waals surface area contributed by atoms with Gasteiger partial charge in [0.1, 0.15) is 0 Å². The van der Waals surface area contributed by atoms with E-state index in [1.54, 1.807) is 12.1 Å². The van der Waals surface area contributed by atoms with Gasteiger partial charge in [-0.2, -0.15) is 0 Å². The maximum atomic E-state index is 12.2. The maximum Gasteiger partial charge on any atom is 0.269 e. The third-order valence-electron chi connectivity index (χ3n) is 3.07. The Kier molecular flexibility index (Phi) is 3.23. The van der Waals surface area contributed by atoms with Gasteiger partial charge in [0.15, 0.2) is 0 Å². The molecule has 0 aromatic heterocycles. The first-order valence-electron chi connectivity index (χ1n) is 6.05. The Morgan fingerprint density at radius 1 is 1.14 bits per heavy atom. The summed E-state index contributed by atoms with van der Waals surface area (Å²) in [6, 6.07) is 10.6. The molecule has 0 N–H and O–H groups in total. The second-order valence-electron chi connectivity index (χ2n) is 4.42. The third kappa shape index (κ3) is 2.41. The highest BCUT2D eigenvalue weighted by Crippen LogP contribution is 2.41. The Morgan fingerprint density at radius 3 is 2.62 bits per heavy atom. The molecule has 0 bridgehead atoms. The molecule has 104 valence electrons. The molecule has 0 fully saturated rings. The number of thioether (sulfide) groups is 1. The van der Waals surface area contributed by atoms with Gasteiger partial charge in [-0.05, 0) is 23.8 Å². The van der Waals surface area contributed by atoms with Gasteiger partial charge in [0, 0.05) is 22.6 Å². The number of ketones is 1. The van der Waals surface area contributed by atoms with E-state index in [1.807, 2.05) is 12.1 Å². The zero-order valence-corrected chi connectivity index (χ0v) is 11.4. The Morgan fingerprint density at radius 2 is 1.90 bits per heavy atom. The molecule has 0 saturated carbocycles. The normalized spacial score (nSPS) is 15.2. The van der Waals surface area contributed by atoms with Crippen molar-refractivity contribution in [3.63, 3.8) is 0 Å². The average Bonchev–Trinajstić information content (AvgIpc) is 2.78. The standard InChI is InChI=1S/C15H9NO4S/c17-12-6-5-10(16(19)20)7-9(12)8-14-15(18)11-3-1-2-4-13(11)21-14/h1-8,17H/p-1/b14-8+. The lowest BCUT2D eigenvalue weighted by atomic mass is 10.1. The Hall–Kier alpha value is -2.60. The van der Waals surface area contributed by atoms with Crippen LogP contribution in [0.4, 0.5) is 5.69 Å². The van der Waals surface area contributed by atoms with Gasteiger partial charge in [-0.3, -0.25) is 14.9 Å². The van der Waals surface area contributed by atoms with Crippen molar-refractivity contribution in [1.82, 2.24) is 0 Å². The fraction of sp³-hybridized carbons (Fsp3) is 0. The highest BCUT2D eigenvalue weighted by atomic mass is 32.2. The van der Waals surface area contributed by atoms with E-state index in [4.69, 9.17) is 0 Å². The van der Waals surface area contributed by atoms with E-state index in [-0.39, 0.29) is 22.8 Å². The van der Waals surface area contributed by atoms with Crippen LogP contribution in [0, 0.1) is 10.1 Å². The number of fused-ring (bicyclic) bond motifs is 1. The number of nitro benzene ring substituents is 1. The van der Waals surface area contributed by atoms with Crippen molar-refractivity contribution in [1.29, 1.82) is 0 Å². The fourth-order valence-electron chi connectivity index (χ4n) is 2.04. The van der Waals surface area contributed by atoms with Crippen LogP contribution in [0.3, 0.4) is 0 Å². The van der Waals surface area contributed by atoms with E-state index < -0.39 is 4.92 Å².